The molecule has 2 aliphatic heterocycles. The summed E-state index contributed by atoms with van der Waals surface area (Å²) in [5.41, 5.74) is 1.09. The average Bonchev–Trinajstić information content (AvgIpc) is 3.88. The zero-order chi connectivity index (χ0) is 28.6. The van der Waals surface area contributed by atoms with Crippen LogP contribution in [0.4, 0.5) is 10.5 Å². The van der Waals surface area contributed by atoms with Crippen molar-refractivity contribution >= 4 is 20.6 Å². The Hall–Kier alpha value is -2.19. The molecule has 0 radical (unpaired) electrons. The van der Waals surface area contributed by atoms with E-state index in [0.29, 0.717) is 51.2 Å². The molecule has 0 spiro atoms. The molecular formula is C28H46N2O9Si. The van der Waals surface area contributed by atoms with E-state index in [4.69, 9.17) is 37.0 Å². The number of epoxide rings is 2. The van der Waals surface area contributed by atoms with E-state index in [9.17, 15) is 4.79 Å². The van der Waals surface area contributed by atoms with Gasteiger partial charge in [-0.3, -0.25) is 0 Å². The maximum atomic E-state index is 12.5. The van der Waals surface area contributed by atoms with Crippen LogP contribution in [0.1, 0.15) is 27.2 Å². The molecule has 2 saturated heterocycles. The molecule has 2 aliphatic rings. The van der Waals surface area contributed by atoms with Gasteiger partial charge in [0.05, 0.1) is 38.6 Å². The van der Waals surface area contributed by atoms with Gasteiger partial charge in [0.1, 0.15) is 12.4 Å². The molecule has 3 rings (SSSR count). The zero-order valence-electron chi connectivity index (χ0n) is 24.1. The number of alkyl carbamates (subject to hydrolysis) is 1. The Morgan fingerprint density at radius 3 is 2.17 bits per heavy atom. The second-order valence-corrected chi connectivity index (χ2v) is 12.2. The van der Waals surface area contributed by atoms with Gasteiger partial charge in [0.15, 0.2) is 6.10 Å². The summed E-state index contributed by atoms with van der Waals surface area (Å²) >= 11 is 0. The summed E-state index contributed by atoms with van der Waals surface area (Å²) in [7, 11) is -2.75. The van der Waals surface area contributed by atoms with Gasteiger partial charge in [-0.2, -0.15) is 0 Å². The highest BCUT2D eigenvalue weighted by atomic mass is 28.4. The molecule has 226 valence electrons. The fourth-order valence-corrected chi connectivity index (χ4v) is 6.77. The maximum absolute atomic E-state index is 12.5. The van der Waals surface area contributed by atoms with Crippen LogP contribution in [0.15, 0.2) is 36.9 Å². The number of benzene rings is 1. The average molecular weight is 583 g/mol. The summed E-state index contributed by atoms with van der Waals surface area (Å²) in [6, 6.07) is 8.47. The molecule has 1 aromatic rings. The highest BCUT2D eigenvalue weighted by Crippen LogP contribution is 2.25. The number of hydrogen-bond donors (Lipinski definition) is 1. The first-order valence-corrected chi connectivity index (χ1v) is 16.2. The van der Waals surface area contributed by atoms with E-state index in [1.165, 1.54) is 0 Å². The number of nitrogens with one attached hydrogen (secondary N) is 1. The van der Waals surface area contributed by atoms with Gasteiger partial charge in [0, 0.05) is 51.2 Å². The Balaban J connectivity index is 1.45. The number of carbonyl (C=O) groups is 1. The van der Waals surface area contributed by atoms with Crippen LogP contribution in [0.3, 0.4) is 0 Å². The summed E-state index contributed by atoms with van der Waals surface area (Å²) in [6.07, 6.45) is 1.73. The summed E-state index contributed by atoms with van der Waals surface area (Å²) < 4.78 is 45.5. The Labute approximate surface area is 239 Å². The second-order valence-electron chi connectivity index (χ2n) is 9.49. The van der Waals surface area contributed by atoms with Gasteiger partial charge in [-0.25, -0.2) is 4.79 Å². The van der Waals surface area contributed by atoms with E-state index in [-0.39, 0.29) is 25.4 Å². The third-order valence-electron chi connectivity index (χ3n) is 6.13. The monoisotopic (exact) mass is 582 g/mol. The number of amides is 1. The Bertz CT molecular complexity index is 837. The third kappa shape index (κ3) is 12.1. The molecule has 3 atom stereocenters. The van der Waals surface area contributed by atoms with E-state index < -0.39 is 21.0 Å². The van der Waals surface area contributed by atoms with E-state index in [1.807, 2.05) is 45.0 Å². The van der Waals surface area contributed by atoms with Crippen LogP contribution in [0.25, 0.3) is 0 Å². The molecule has 0 aliphatic carbocycles. The topological polar surface area (TPSA) is 113 Å². The van der Waals surface area contributed by atoms with Gasteiger partial charge in [-0.1, -0.05) is 6.08 Å². The molecule has 1 aromatic carbocycles. The summed E-state index contributed by atoms with van der Waals surface area (Å²) in [6.45, 7) is 15.4. The standard InChI is InChI=1S/C28H46N2O9Si/c1-5-15-32-19-27(39-28(31)29-14-9-16-40(36-6-2,37-7-3)38-8-4)22-33-24-12-10-23(11-13-24)30(17-25-20-34-25)18-26-21-35-26/h5,10-13,25-27H,1,6-9,14-22H2,2-4H3,(H,29,31). The predicted molar refractivity (Wildman–Crippen MR) is 153 cm³/mol. The molecule has 12 heteroatoms. The minimum Gasteiger partial charge on any atom is -0.490 e. The van der Waals surface area contributed by atoms with Crippen molar-refractivity contribution in [2.45, 2.75) is 51.5 Å². The highest BCUT2D eigenvalue weighted by Gasteiger charge is 2.39. The molecule has 11 nitrogen and oxygen atoms in total. The van der Waals surface area contributed by atoms with E-state index in [1.54, 1.807) is 6.08 Å². The molecule has 0 bridgehead atoms. The number of anilines is 1. The van der Waals surface area contributed by atoms with Crippen molar-refractivity contribution in [3.05, 3.63) is 36.9 Å². The van der Waals surface area contributed by atoms with E-state index >= 15 is 0 Å². The van der Waals surface area contributed by atoms with Crippen LogP contribution in [-0.4, -0.2) is 106 Å². The fraction of sp³-hybridized carbons (Fsp3) is 0.679. The summed E-state index contributed by atoms with van der Waals surface area (Å²) in [4.78, 5) is 14.8. The minimum atomic E-state index is -2.75. The third-order valence-corrected chi connectivity index (χ3v) is 9.28. The van der Waals surface area contributed by atoms with Gasteiger partial charge in [0.2, 0.25) is 0 Å². The zero-order valence-corrected chi connectivity index (χ0v) is 25.1. The van der Waals surface area contributed by atoms with Crippen molar-refractivity contribution in [1.82, 2.24) is 5.32 Å². The number of ether oxygens (including phenoxy) is 5. The van der Waals surface area contributed by atoms with Gasteiger partial charge < -0.3 is 47.2 Å². The second kappa shape index (κ2) is 17.6. The van der Waals surface area contributed by atoms with Crippen LogP contribution in [-0.2, 0) is 32.2 Å². The van der Waals surface area contributed by atoms with Crippen molar-refractivity contribution in [2.24, 2.45) is 0 Å². The highest BCUT2D eigenvalue weighted by molar-refractivity contribution is 6.60. The number of rotatable bonds is 23. The number of nitrogens with zero attached hydrogens (tertiary/aromatic N) is 1. The molecule has 0 saturated carbocycles. The molecule has 40 heavy (non-hydrogen) atoms. The van der Waals surface area contributed by atoms with Crippen molar-refractivity contribution < 1.29 is 41.8 Å². The number of hydrogen-bond acceptors (Lipinski definition) is 10. The maximum Gasteiger partial charge on any atom is 0.500 e. The largest absolute Gasteiger partial charge is 0.500 e. The lowest BCUT2D eigenvalue weighted by atomic mass is 10.2. The van der Waals surface area contributed by atoms with Crippen LogP contribution >= 0.6 is 0 Å². The lowest BCUT2D eigenvalue weighted by Gasteiger charge is -2.28. The van der Waals surface area contributed by atoms with Gasteiger partial charge in [-0.05, 0) is 51.5 Å². The summed E-state index contributed by atoms with van der Waals surface area (Å²) in [5, 5.41) is 2.80. The van der Waals surface area contributed by atoms with Gasteiger partial charge >= 0.3 is 14.9 Å². The Morgan fingerprint density at radius 1 is 1.05 bits per heavy atom. The number of carbonyl (C=O) groups excluding carboxylic acids is 1. The van der Waals surface area contributed by atoms with Crippen molar-refractivity contribution in [3.63, 3.8) is 0 Å². The first kappa shape index (κ1) is 32.3. The molecule has 1 amide bonds. The molecule has 0 aromatic heterocycles. The molecule has 2 heterocycles. The smallest absolute Gasteiger partial charge is 0.490 e. The van der Waals surface area contributed by atoms with E-state index in [0.717, 1.165) is 32.0 Å². The fourth-order valence-electron chi connectivity index (χ4n) is 4.15. The van der Waals surface area contributed by atoms with Crippen LogP contribution in [0.2, 0.25) is 6.04 Å². The Morgan fingerprint density at radius 2 is 1.65 bits per heavy atom. The lowest BCUT2D eigenvalue weighted by molar-refractivity contribution is 0.00542. The molecule has 1 N–H and O–H groups in total. The first-order valence-electron chi connectivity index (χ1n) is 14.3. The molecule has 3 unspecified atom stereocenters. The van der Waals surface area contributed by atoms with E-state index in [2.05, 4.69) is 16.8 Å². The van der Waals surface area contributed by atoms with Crippen LogP contribution < -0.4 is 15.0 Å². The lowest BCUT2D eigenvalue weighted by Crippen LogP contribution is -2.46. The quantitative estimate of drug-likeness (QED) is 0.0892. The summed E-state index contributed by atoms with van der Waals surface area (Å²) in [5.74, 6) is 0.677. The Kier molecular flexibility index (Phi) is 14.2. The normalized spacial score (nSPS) is 18.6. The minimum absolute atomic E-state index is 0.147. The van der Waals surface area contributed by atoms with Crippen molar-refractivity contribution in [1.29, 1.82) is 0 Å². The van der Waals surface area contributed by atoms with Gasteiger partial charge in [0.25, 0.3) is 0 Å². The molecule has 2 fully saturated rings. The van der Waals surface area contributed by atoms with Gasteiger partial charge in [-0.15, -0.1) is 6.58 Å². The molecular weight excluding hydrogens is 536 g/mol. The first-order chi connectivity index (χ1) is 19.5. The predicted octanol–water partition coefficient (Wildman–Crippen LogP) is 3.41. The van der Waals surface area contributed by atoms with Crippen LogP contribution in [0.5, 0.6) is 5.75 Å². The van der Waals surface area contributed by atoms with Crippen molar-refractivity contribution in [2.75, 3.05) is 77.4 Å². The van der Waals surface area contributed by atoms with Crippen molar-refractivity contribution in [3.8, 4) is 5.75 Å². The van der Waals surface area contributed by atoms with Crippen LogP contribution in [0, 0.1) is 0 Å². The SMILES string of the molecule is C=CCOCC(COc1ccc(N(CC2CO2)CC2CO2)cc1)OC(=O)NCCC[Si](OCC)(OCC)OCC.